The van der Waals surface area contributed by atoms with Gasteiger partial charge in [-0.1, -0.05) is 6.08 Å². The summed E-state index contributed by atoms with van der Waals surface area (Å²) >= 11 is 0. The van der Waals surface area contributed by atoms with E-state index in [1.807, 2.05) is 19.1 Å². The Morgan fingerprint density at radius 2 is 2.12 bits per heavy atom. The van der Waals surface area contributed by atoms with Crippen LogP contribution in [0.5, 0.6) is 0 Å². The van der Waals surface area contributed by atoms with Crippen LogP contribution in [0, 0.1) is 0 Å². The second-order valence-electron chi connectivity index (χ2n) is 5.16. The van der Waals surface area contributed by atoms with E-state index in [1.54, 1.807) is 7.05 Å². The second-order valence-corrected chi connectivity index (χ2v) is 5.16. The largest absolute Gasteiger partial charge is 0.438 e. The van der Waals surface area contributed by atoms with Gasteiger partial charge >= 0.3 is 6.09 Å². The fourth-order valence-electron chi connectivity index (χ4n) is 1.63. The summed E-state index contributed by atoms with van der Waals surface area (Å²) in [6.07, 6.45) is 6.28. The molecule has 0 aromatic heterocycles. The first-order valence-electron chi connectivity index (χ1n) is 5.38. The molecule has 0 fully saturated rings. The van der Waals surface area contributed by atoms with Gasteiger partial charge in [0.05, 0.1) is 27.6 Å². The minimum absolute atomic E-state index is 0.394. The predicted octanol–water partition coefficient (Wildman–Crippen LogP) is 1.65. The lowest BCUT2D eigenvalue weighted by molar-refractivity contribution is -0.833. The smallest absolute Gasteiger partial charge is 0.407 e. The van der Waals surface area contributed by atoms with E-state index < -0.39 is 11.7 Å². The van der Waals surface area contributed by atoms with Crippen LogP contribution in [0.1, 0.15) is 13.3 Å². The Balaban J connectivity index is 2.79. The molecule has 1 aliphatic carbocycles. The van der Waals surface area contributed by atoms with E-state index in [9.17, 15) is 4.79 Å². The highest BCUT2D eigenvalue weighted by atomic mass is 16.6. The summed E-state index contributed by atoms with van der Waals surface area (Å²) in [6, 6.07) is 0. The second kappa shape index (κ2) is 4.29. The van der Waals surface area contributed by atoms with Crippen molar-refractivity contribution in [1.29, 1.82) is 0 Å². The quantitative estimate of drug-likeness (QED) is 0.726. The molecule has 0 aliphatic heterocycles. The van der Waals surface area contributed by atoms with E-state index in [2.05, 4.69) is 32.5 Å². The lowest BCUT2D eigenvalue weighted by Gasteiger charge is -2.34. The van der Waals surface area contributed by atoms with Crippen molar-refractivity contribution in [3.63, 3.8) is 0 Å². The summed E-state index contributed by atoms with van der Waals surface area (Å²) in [6.45, 7) is 1.92. The fourth-order valence-corrected chi connectivity index (χ4v) is 1.63. The molecule has 1 unspecified atom stereocenters. The number of hydrogen-bond donors (Lipinski definition) is 1. The number of nitrogens with zero attached hydrogens (tertiary/aromatic N) is 1. The van der Waals surface area contributed by atoms with E-state index in [-0.39, 0.29) is 0 Å². The monoisotopic (exact) mass is 225 g/mol. The number of carbonyl (C=O) groups is 1. The molecular weight excluding hydrogens is 204 g/mol. The number of allylic oxidation sites excluding steroid dienone is 2. The highest BCUT2D eigenvalue weighted by Crippen LogP contribution is 2.29. The highest BCUT2D eigenvalue weighted by molar-refractivity contribution is 5.67. The van der Waals surface area contributed by atoms with Crippen molar-refractivity contribution in [3.8, 4) is 0 Å². The zero-order valence-electron chi connectivity index (χ0n) is 10.7. The number of quaternary nitrogens is 1. The molecule has 1 atom stereocenters. The Labute approximate surface area is 97.2 Å². The van der Waals surface area contributed by atoms with Crippen molar-refractivity contribution in [3.05, 3.63) is 23.9 Å². The van der Waals surface area contributed by atoms with Gasteiger partial charge in [-0.05, 0) is 19.1 Å². The molecule has 1 N–H and O–H groups in total. The molecule has 0 heterocycles. The predicted molar refractivity (Wildman–Crippen MR) is 63.8 cm³/mol. The van der Waals surface area contributed by atoms with Crippen LogP contribution in [0.25, 0.3) is 0 Å². The van der Waals surface area contributed by atoms with Crippen molar-refractivity contribution in [1.82, 2.24) is 5.32 Å². The maximum Gasteiger partial charge on any atom is 0.407 e. The Bertz CT molecular complexity index is 339. The first-order chi connectivity index (χ1) is 7.27. The first kappa shape index (κ1) is 12.8. The van der Waals surface area contributed by atoms with E-state index in [4.69, 9.17) is 4.74 Å². The number of carbonyl (C=O) groups excluding carboxylic acids is 1. The lowest BCUT2D eigenvalue weighted by atomic mass is 9.94. The molecule has 0 spiro atoms. The normalized spacial score (nSPS) is 24.9. The zero-order chi connectivity index (χ0) is 12.4. The van der Waals surface area contributed by atoms with Crippen molar-refractivity contribution in [2.45, 2.75) is 18.9 Å². The SMILES string of the molecule is CNC(=O)OC1(C)C=CC=C([N+](C)(C)C)C1. The maximum atomic E-state index is 11.2. The van der Waals surface area contributed by atoms with E-state index in [1.165, 1.54) is 5.70 Å². The van der Waals surface area contributed by atoms with Gasteiger partial charge < -0.3 is 14.5 Å². The number of amides is 1. The van der Waals surface area contributed by atoms with Gasteiger partial charge in [-0.2, -0.15) is 0 Å². The molecule has 1 rings (SSSR count). The van der Waals surface area contributed by atoms with Crippen LogP contribution in [0.2, 0.25) is 0 Å². The Morgan fingerprint density at radius 1 is 1.50 bits per heavy atom. The average molecular weight is 225 g/mol. The molecule has 0 saturated heterocycles. The summed E-state index contributed by atoms with van der Waals surface area (Å²) in [4.78, 5) is 11.2. The van der Waals surface area contributed by atoms with Gasteiger partial charge in [0.1, 0.15) is 11.3 Å². The Hall–Kier alpha value is -1.29. The number of hydrogen-bond acceptors (Lipinski definition) is 2. The van der Waals surface area contributed by atoms with E-state index in [0.717, 1.165) is 10.9 Å². The zero-order valence-corrected chi connectivity index (χ0v) is 10.7. The van der Waals surface area contributed by atoms with Gasteiger partial charge in [0.2, 0.25) is 0 Å². The topological polar surface area (TPSA) is 38.3 Å². The van der Waals surface area contributed by atoms with Gasteiger partial charge in [0.25, 0.3) is 0 Å². The van der Waals surface area contributed by atoms with Gasteiger partial charge in [-0.3, -0.25) is 0 Å². The van der Waals surface area contributed by atoms with Gasteiger partial charge in [-0.15, -0.1) is 0 Å². The fraction of sp³-hybridized carbons (Fsp3) is 0.583. The Morgan fingerprint density at radius 3 is 2.62 bits per heavy atom. The Kier molecular flexibility index (Phi) is 3.43. The van der Waals surface area contributed by atoms with Crippen LogP contribution < -0.4 is 5.32 Å². The molecule has 0 aromatic carbocycles. The average Bonchev–Trinajstić information content (AvgIpc) is 2.15. The molecular formula is C12H21N2O2+. The van der Waals surface area contributed by atoms with Crippen molar-refractivity contribution < 1.29 is 14.0 Å². The van der Waals surface area contributed by atoms with E-state index in [0.29, 0.717) is 0 Å². The third-order valence-electron chi connectivity index (χ3n) is 2.66. The molecule has 0 bridgehead atoms. The van der Waals surface area contributed by atoms with Crippen LogP contribution in [0.15, 0.2) is 23.9 Å². The van der Waals surface area contributed by atoms with Crippen molar-refractivity contribution in [2.75, 3.05) is 28.2 Å². The van der Waals surface area contributed by atoms with E-state index >= 15 is 0 Å². The molecule has 0 aromatic rings. The van der Waals surface area contributed by atoms with Crippen molar-refractivity contribution >= 4 is 6.09 Å². The number of alkyl carbamates (subject to hydrolysis) is 1. The highest BCUT2D eigenvalue weighted by Gasteiger charge is 2.33. The molecule has 16 heavy (non-hydrogen) atoms. The molecule has 1 aliphatic rings. The standard InChI is InChI=1S/C12H20N2O2/c1-12(16-11(15)13-2)8-6-7-10(9-12)14(3,4)5/h6-8H,9H2,1-5H3/p+1. The summed E-state index contributed by atoms with van der Waals surface area (Å²) in [7, 11) is 7.87. The maximum absolute atomic E-state index is 11.2. The molecule has 90 valence electrons. The van der Waals surface area contributed by atoms with Crippen LogP contribution in [-0.2, 0) is 4.74 Å². The first-order valence-corrected chi connectivity index (χ1v) is 5.38. The van der Waals surface area contributed by atoms with Crippen LogP contribution in [0.3, 0.4) is 0 Å². The van der Waals surface area contributed by atoms with Gasteiger partial charge in [0.15, 0.2) is 0 Å². The number of rotatable bonds is 2. The minimum Gasteiger partial charge on any atom is -0.438 e. The third-order valence-corrected chi connectivity index (χ3v) is 2.66. The van der Waals surface area contributed by atoms with Gasteiger partial charge in [-0.25, -0.2) is 4.79 Å². The molecule has 1 amide bonds. The van der Waals surface area contributed by atoms with Crippen molar-refractivity contribution in [2.24, 2.45) is 0 Å². The summed E-state index contributed by atoms with van der Waals surface area (Å²) in [5.74, 6) is 0. The number of ether oxygens (including phenoxy) is 1. The summed E-state index contributed by atoms with van der Waals surface area (Å²) in [5, 5.41) is 2.47. The summed E-state index contributed by atoms with van der Waals surface area (Å²) in [5.41, 5.74) is 0.685. The lowest BCUT2D eigenvalue weighted by Crippen LogP contribution is -2.41. The van der Waals surface area contributed by atoms with Crippen LogP contribution in [-0.4, -0.2) is 44.4 Å². The minimum atomic E-state index is -0.546. The third kappa shape index (κ3) is 3.10. The molecule has 0 radical (unpaired) electrons. The molecule has 0 saturated carbocycles. The molecule has 4 heteroatoms. The van der Waals surface area contributed by atoms with Gasteiger partial charge in [0, 0.05) is 7.05 Å². The van der Waals surface area contributed by atoms with Crippen LogP contribution in [0.4, 0.5) is 4.79 Å². The number of nitrogens with one attached hydrogen (secondary N) is 1. The summed E-state index contributed by atoms with van der Waals surface area (Å²) < 4.78 is 6.11. The molecule has 4 nitrogen and oxygen atoms in total. The van der Waals surface area contributed by atoms with Crippen LogP contribution >= 0.6 is 0 Å².